The first-order valence-electron chi connectivity index (χ1n) is 9.09. The Balaban J connectivity index is 1.53. The van der Waals surface area contributed by atoms with Crippen molar-refractivity contribution in [2.24, 2.45) is 10.9 Å². The number of ether oxygens (including phenoxy) is 1. The summed E-state index contributed by atoms with van der Waals surface area (Å²) in [6.07, 6.45) is 1.83. The zero-order chi connectivity index (χ0) is 18.6. The number of aliphatic imine (C=N–C) groups is 1. The van der Waals surface area contributed by atoms with Crippen LogP contribution in [0.25, 0.3) is 0 Å². The molecule has 0 spiro atoms. The van der Waals surface area contributed by atoms with E-state index in [2.05, 4.69) is 10.3 Å². The molecule has 0 aliphatic carbocycles. The first-order chi connectivity index (χ1) is 12.5. The van der Waals surface area contributed by atoms with E-state index in [0.717, 1.165) is 43.9 Å². The van der Waals surface area contributed by atoms with E-state index >= 15 is 0 Å². The minimum absolute atomic E-state index is 0.0424. The summed E-state index contributed by atoms with van der Waals surface area (Å²) in [7, 11) is 0.341. The summed E-state index contributed by atoms with van der Waals surface area (Å²) < 4.78 is 32.4. The average molecular weight is 381 g/mol. The van der Waals surface area contributed by atoms with E-state index in [-0.39, 0.29) is 5.75 Å². The number of hydrogen-bond donors (Lipinski definition) is 1. The molecule has 1 saturated heterocycles. The molecule has 144 valence electrons. The lowest BCUT2D eigenvalue weighted by Crippen LogP contribution is -2.44. The summed E-state index contributed by atoms with van der Waals surface area (Å²) in [6, 6.07) is 7.70. The zero-order valence-electron chi connectivity index (χ0n) is 15.5. The Morgan fingerprint density at radius 2 is 2.23 bits per heavy atom. The summed E-state index contributed by atoms with van der Waals surface area (Å²) in [5, 5.41) is 3.18. The van der Waals surface area contributed by atoms with Crippen molar-refractivity contribution in [2.75, 3.05) is 57.0 Å². The molecule has 2 aliphatic heterocycles. The molecule has 1 atom stereocenters. The third kappa shape index (κ3) is 4.29. The van der Waals surface area contributed by atoms with Crippen LogP contribution in [0.4, 0.5) is 5.69 Å². The first-order valence-corrected chi connectivity index (χ1v) is 10.7. The molecular weight excluding hydrogens is 352 g/mol. The number of nitrogens with zero attached hydrogens (tertiary/aromatic N) is 3. The minimum Gasteiger partial charge on any atom is -0.381 e. The second-order valence-electron chi connectivity index (χ2n) is 6.85. The number of fused-ring (bicyclic) bond motifs is 1. The van der Waals surface area contributed by atoms with Crippen LogP contribution in [-0.4, -0.2) is 72.0 Å². The van der Waals surface area contributed by atoms with Crippen molar-refractivity contribution in [3.05, 3.63) is 29.8 Å². The normalized spacial score (nSPS) is 20.3. The molecular formula is C18H28N4O3S. The molecule has 8 heteroatoms. The van der Waals surface area contributed by atoms with Gasteiger partial charge in [-0.1, -0.05) is 18.2 Å². The van der Waals surface area contributed by atoms with Crippen molar-refractivity contribution in [2.45, 2.75) is 12.8 Å². The SMILES string of the molecule is CN=C(NCCS(=O)(=O)N1CCc2ccccc21)N(C)CC1CCOC1. The van der Waals surface area contributed by atoms with Gasteiger partial charge in [0.1, 0.15) is 0 Å². The van der Waals surface area contributed by atoms with Crippen molar-refractivity contribution in [3.63, 3.8) is 0 Å². The van der Waals surface area contributed by atoms with E-state index in [4.69, 9.17) is 4.74 Å². The third-order valence-corrected chi connectivity index (χ3v) is 6.72. The van der Waals surface area contributed by atoms with Gasteiger partial charge in [0.05, 0.1) is 18.0 Å². The van der Waals surface area contributed by atoms with E-state index in [1.165, 1.54) is 4.31 Å². The lowest BCUT2D eigenvalue weighted by molar-refractivity contribution is 0.181. The Morgan fingerprint density at radius 3 is 2.96 bits per heavy atom. The monoisotopic (exact) mass is 380 g/mol. The third-order valence-electron chi connectivity index (χ3n) is 4.95. The van der Waals surface area contributed by atoms with Crippen LogP contribution in [0.1, 0.15) is 12.0 Å². The van der Waals surface area contributed by atoms with E-state index in [1.54, 1.807) is 7.05 Å². The van der Waals surface area contributed by atoms with Crippen LogP contribution in [0.5, 0.6) is 0 Å². The number of rotatable bonds is 6. The largest absolute Gasteiger partial charge is 0.381 e. The van der Waals surface area contributed by atoms with Crippen LogP contribution in [0.2, 0.25) is 0 Å². The molecule has 1 N–H and O–H groups in total. The fourth-order valence-corrected chi connectivity index (χ4v) is 5.01. The predicted molar refractivity (Wildman–Crippen MR) is 104 cm³/mol. The molecule has 26 heavy (non-hydrogen) atoms. The molecule has 0 saturated carbocycles. The van der Waals surface area contributed by atoms with E-state index in [0.29, 0.717) is 25.0 Å². The molecule has 0 amide bonds. The van der Waals surface area contributed by atoms with Crippen LogP contribution >= 0.6 is 0 Å². The number of benzene rings is 1. The molecule has 1 aromatic carbocycles. The fourth-order valence-electron chi connectivity index (χ4n) is 3.58. The van der Waals surface area contributed by atoms with Gasteiger partial charge in [0.25, 0.3) is 0 Å². The Hall–Kier alpha value is -1.80. The molecule has 3 rings (SSSR count). The van der Waals surface area contributed by atoms with Gasteiger partial charge in [0.15, 0.2) is 5.96 Å². The van der Waals surface area contributed by atoms with E-state index < -0.39 is 10.0 Å². The highest BCUT2D eigenvalue weighted by atomic mass is 32.2. The van der Waals surface area contributed by atoms with Crippen molar-refractivity contribution in [1.82, 2.24) is 10.2 Å². The standard InChI is InChI=1S/C18H28N4O3S/c1-19-18(21(2)13-15-8-11-25-14-15)20-9-12-26(23,24)22-10-7-16-5-3-4-6-17(16)22/h3-6,15H,7-14H2,1-2H3,(H,19,20). The summed E-state index contributed by atoms with van der Waals surface area (Å²) >= 11 is 0. The summed E-state index contributed by atoms with van der Waals surface area (Å²) in [5.74, 6) is 1.26. The molecule has 2 heterocycles. The number of guanidine groups is 1. The van der Waals surface area contributed by atoms with Gasteiger partial charge in [0, 0.05) is 46.3 Å². The van der Waals surface area contributed by atoms with Gasteiger partial charge in [-0.25, -0.2) is 8.42 Å². The second kappa shape index (κ2) is 8.26. The summed E-state index contributed by atoms with van der Waals surface area (Å²) in [6.45, 7) is 3.31. The van der Waals surface area contributed by atoms with Gasteiger partial charge in [-0.3, -0.25) is 9.30 Å². The molecule has 0 bridgehead atoms. The lowest BCUT2D eigenvalue weighted by atomic mass is 10.1. The van der Waals surface area contributed by atoms with Crippen molar-refractivity contribution >= 4 is 21.7 Å². The van der Waals surface area contributed by atoms with Gasteiger partial charge >= 0.3 is 0 Å². The second-order valence-corrected chi connectivity index (χ2v) is 8.86. The maximum Gasteiger partial charge on any atom is 0.236 e. The lowest BCUT2D eigenvalue weighted by Gasteiger charge is -2.25. The Kier molecular flexibility index (Phi) is 6.03. The fraction of sp³-hybridized carbons (Fsp3) is 0.611. The molecule has 2 aliphatic rings. The van der Waals surface area contributed by atoms with Crippen LogP contribution in [0.3, 0.4) is 0 Å². The van der Waals surface area contributed by atoms with Gasteiger partial charge in [-0.05, 0) is 24.5 Å². The smallest absolute Gasteiger partial charge is 0.236 e. The average Bonchev–Trinajstić information content (AvgIpc) is 3.28. The number of nitrogens with one attached hydrogen (secondary N) is 1. The highest BCUT2D eigenvalue weighted by Crippen LogP contribution is 2.29. The minimum atomic E-state index is -3.35. The molecule has 7 nitrogen and oxygen atoms in total. The predicted octanol–water partition coefficient (Wildman–Crippen LogP) is 0.923. The van der Waals surface area contributed by atoms with Crippen molar-refractivity contribution in [1.29, 1.82) is 0 Å². The Morgan fingerprint density at radius 1 is 1.42 bits per heavy atom. The maximum absolute atomic E-state index is 12.7. The van der Waals surface area contributed by atoms with Crippen LogP contribution in [0.15, 0.2) is 29.3 Å². The Labute approximate surface area is 156 Å². The van der Waals surface area contributed by atoms with Gasteiger partial charge in [-0.15, -0.1) is 0 Å². The summed E-state index contributed by atoms with van der Waals surface area (Å²) in [5.41, 5.74) is 1.91. The molecule has 0 aromatic heterocycles. The van der Waals surface area contributed by atoms with E-state index in [9.17, 15) is 8.42 Å². The quantitative estimate of drug-likeness (QED) is 0.587. The molecule has 0 radical (unpaired) electrons. The number of hydrogen-bond acceptors (Lipinski definition) is 4. The van der Waals surface area contributed by atoms with Gasteiger partial charge in [-0.2, -0.15) is 0 Å². The van der Waals surface area contributed by atoms with Crippen LogP contribution in [0, 0.1) is 5.92 Å². The van der Waals surface area contributed by atoms with Crippen molar-refractivity contribution in [3.8, 4) is 0 Å². The van der Waals surface area contributed by atoms with Crippen LogP contribution < -0.4 is 9.62 Å². The van der Waals surface area contributed by atoms with Gasteiger partial charge in [0.2, 0.25) is 10.0 Å². The summed E-state index contributed by atoms with van der Waals surface area (Å²) in [4.78, 5) is 6.30. The highest BCUT2D eigenvalue weighted by Gasteiger charge is 2.28. The Bertz CT molecular complexity index is 745. The molecule has 1 aromatic rings. The number of anilines is 1. The highest BCUT2D eigenvalue weighted by molar-refractivity contribution is 7.92. The molecule has 1 fully saturated rings. The number of para-hydroxylation sites is 1. The molecule has 1 unspecified atom stereocenters. The number of sulfonamides is 1. The van der Waals surface area contributed by atoms with E-state index in [1.807, 2.05) is 36.2 Å². The van der Waals surface area contributed by atoms with Crippen molar-refractivity contribution < 1.29 is 13.2 Å². The topological polar surface area (TPSA) is 74.2 Å². The first kappa shape index (κ1) is 19.0. The van der Waals surface area contributed by atoms with Gasteiger partial charge < -0.3 is 15.0 Å². The zero-order valence-corrected chi connectivity index (χ0v) is 16.3. The van der Waals surface area contributed by atoms with Crippen LogP contribution in [-0.2, 0) is 21.2 Å². The maximum atomic E-state index is 12.7.